The number of carbonyl (C=O) groups excluding carboxylic acids is 1. The molecule has 0 N–H and O–H groups in total. The Morgan fingerprint density at radius 2 is 1.80 bits per heavy atom. The van der Waals surface area contributed by atoms with E-state index >= 15 is 0 Å². The molecule has 176 valence electrons. The van der Waals surface area contributed by atoms with Crippen LogP contribution in [0.3, 0.4) is 0 Å². The van der Waals surface area contributed by atoms with Gasteiger partial charge in [-0.25, -0.2) is 0 Å². The Balaban J connectivity index is 1.51. The van der Waals surface area contributed by atoms with Gasteiger partial charge >= 0.3 is 0 Å². The number of aryl methyl sites for hydroxylation is 2. The van der Waals surface area contributed by atoms with Gasteiger partial charge in [0.05, 0.1) is 16.7 Å². The van der Waals surface area contributed by atoms with E-state index in [0.29, 0.717) is 33.9 Å². The number of fused-ring (bicyclic) bond motifs is 3. The smallest absolute Gasteiger partial charge is 0.263 e. The summed E-state index contributed by atoms with van der Waals surface area (Å²) in [5.41, 5.74) is 5.42. The Morgan fingerprint density at radius 3 is 2.57 bits per heavy atom. The van der Waals surface area contributed by atoms with Crippen molar-refractivity contribution in [3.05, 3.63) is 100 Å². The lowest BCUT2D eigenvalue weighted by molar-refractivity contribution is 0.102. The molecule has 0 saturated carbocycles. The summed E-state index contributed by atoms with van der Waals surface area (Å²) in [6, 6.07) is 17.5. The van der Waals surface area contributed by atoms with Gasteiger partial charge in [0.2, 0.25) is 5.78 Å². The number of carbonyl (C=O) groups is 1. The first-order chi connectivity index (χ1) is 16.9. The molecule has 0 bridgehead atoms. The van der Waals surface area contributed by atoms with E-state index in [2.05, 4.69) is 40.4 Å². The number of allylic oxidation sites excluding steroid dienone is 1. The van der Waals surface area contributed by atoms with Crippen LogP contribution in [0.5, 0.6) is 0 Å². The van der Waals surface area contributed by atoms with Crippen LogP contribution < -0.4 is 5.56 Å². The highest BCUT2D eigenvalue weighted by Gasteiger charge is 2.20. The van der Waals surface area contributed by atoms with Gasteiger partial charge in [-0.05, 0) is 50.6 Å². The third-order valence-electron chi connectivity index (χ3n) is 6.21. The standard InChI is InChI=1S/C27H25N5O2S/c1-5-14-30-25(34)20-11-7-9-13-23(20)32-26(30)28-29-27(32)35-16-24(33)21-15-18(3)31(19(21)4)22-12-8-6-10-17(22)2/h5-13,15H,1,14,16H2,2-4H3. The molecule has 8 heteroatoms. The largest absolute Gasteiger partial charge is 0.318 e. The number of aromatic nitrogens is 5. The first-order valence-electron chi connectivity index (χ1n) is 11.3. The van der Waals surface area contributed by atoms with Crippen LogP contribution in [0, 0.1) is 20.8 Å². The monoisotopic (exact) mass is 483 g/mol. The van der Waals surface area contributed by atoms with Crippen LogP contribution in [0.1, 0.15) is 27.3 Å². The zero-order valence-electron chi connectivity index (χ0n) is 19.9. The van der Waals surface area contributed by atoms with Crippen LogP contribution in [0.25, 0.3) is 22.4 Å². The second-order valence-electron chi connectivity index (χ2n) is 8.46. The number of benzene rings is 2. The first-order valence-corrected chi connectivity index (χ1v) is 12.3. The Hall–Kier alpha value is -3.91. The van der Waals surface area contributed by atoms with Crippen molar-refractivity contribution in [1.82, 2.24) is 23.7 Å². The maximum absolute atomic E-state index is 13.3. The number of thioether (sulfide) groups is 1. The molecular weight excluding hydrogens is 458 g/mol. The molecule has 0 aliphatic carbocycles. The molecule has 0 aliphatic rings. The number of hydrogen-bond acceptors (Lipinski definition) is 5. The summed E-state index contributed by atoms with van der Waals surface area (Å²) in [7, 11) is 0. The summed E-state index contributed by atoms with van der Waals surface area (Å²) in [6.07, 6.45) is 1.66. The number of hydrogen-bond donors (Lipinski definition) is 0. The van der Waals surface area contributed by atoms with E-state index in [4.69, 9.17) is 0 Å². The Labute approximate surface area is 206 Å². The summed E-state index contributed by atoms with van der Waals surface area (Å²) in [6.45, 7) is 10.1. The summed E-state index contributed by atoms with van der Waals surface area (Å²) in [5.74, 6) is 0.651. The lowest BCUT2D eigenvalue weighted by Crippen LogP contribution is -2.22. The number of nitrogens with zero attached hydrogens (tertiary/aromatic N) is 5. The van der Waals surface area contributed by atoms with Gasteiger partial charge in [-0.1, -0.05) is 48.2 Å². The summed E-state index contributed by atoms with van der Waals surface area (Å²) < 4.78 is 5.51. The van der Waals surface area contributed by atoms with Crippen molar-refractivity contribution in [2.24, 2.45) is 0 Å². The van der Waals surface area contributed by atoms with Crippen LogP contribution in [0.15, 0.2) is 77.2 Å². The normalized spacial score (nSPS) is 11.4. The molecule has 5 rings (SSSR count). The topological polar surface area (TPSA) is 74.2 Å². The van der Waals surface area contributed by atoms with Gasteiger partial charge in [-0.3, -0.25) is 18.6 Å². The second kappa shape index (κ2) is 9.03. The highest BCUT2D eigenvalue weighted by molar-refractivity contribution is 7.99. The maximum Gasteiger partial charge on any atom is 0.263 e. The minimum Gasteiger partial charge on any atom is -0.318 e. The van der Waals surface area contributed by atoms with E-state index in [0.717, 1.165) is 22.6 Å². The zero-order chi connectivity index (χ0) is 24.7. The Bertz CT molecular complexity index is 1670. The van der Waals surface area contributed by atoms with Crippen LogP contribution in [-0.4, -0.2) is 35.3 Å². The molecule has 0 saturated heterocycles. The molecular formula is C27H25N5O2S. The van der Waals surface area contributed by atoms with Crippen molar-refractivity contribution < 1.29 is 4.79 Å². The van der Waals surface area contributed by atoms with E-state index in [9.17, 15) is 9.59 Å². The number of rotatable bonds is 7. The summed E-state index contributed by atoms with van der Waals surface area (Å²) >= 11 is 1.32. The molecule has 2 aromatic carbocycles. The molecule has 35 heavy (non-hydrogen) atoms. The van der Waals surface area contributed by atoms with Gasteiger partial charge in [0.15, 0.2) is 10.9 Å². The fourth-order valence-corrected chi connectivity index (χ4v) is 5.38. The van der Waals surface area contributed by atoms with Crippen LogP contribution in [0.4, 0.5) is 0 Å². The molecule has 0 amide bonds. The van der Waals surface area contributed by atoms with Gasteiger partial charge < -0.3 is 4.57 Å². The van der Waals surface area contributed by atoms with Gasteiger partial charge in [-0.15, -0.1) is 16.8 Å². The molecule has 5 aromatic rings. The molecule has 0 unspecified atom stereocenters. The Morgan fingerprint density at radius 1 is 1.06 bits per heavy atom. The number of para-hydroxylation sites is 2. The second-order valence-corrected chi connectivity index (χ2v) is 9.40. The molecule has 7 nitrogen and oxygen atoms in total. The van der Waals surface area contributed by atoms with E-state index in [-0.39, 0.29) is 17.1 Å². The van der Waals surface area contributed by atoms with Crippen LogP contribution >= 0.6 is 11.8 Å². The molecule has 3 heterocycles. The highest BCUT2D eigenvalue weighted by atomic mass is 32.2. The molecule has 0 fully saturated rings. The van der Waals surface area contributed by atoms with Crippen molar-refractivity contribution >= 4 is 34.2 Å². The van der Waals surface area contributed by atoms with Crippen molar-refractivity contribution in [3.63, 3.8) is 0 Å². The maximum atomic E-state index is 13.3. The molecule has 0 atom stereocenters. The van der Waals surface area contributed by atoms with Crippen molar-refractivity contribution in [2.45, 2.75) is 32.5 Å². The van der Waals surface area contributed by atoms with Gasteiger partial charge in [0, 0.05) is 29.2 Å². The van der Waals surface area contributed by atoms with Gasteiger partial charge in [0.1, 0.15) is 0 Å². The van der Waals surface area contributed by atoms with Crippen molar-refractivity contribution in [3.8, 4) is 5.69 Å². The van der Waals surface area contributed by atoms with Gasteiger partial charge in [-0.2, -0.15) is 0 Å². The Kier molecular flexibility index (Phi) is 5.90. The quantitative estimate of drug-likeness (QED) is 0.187. The average molecular weight is 484 g/mol. The minimum absolute atomic E-state index is 0.0170. The average Bonchev–Trinajstić information content (AvgIpc) is 3.41. The predicted molar refractivity (Wildman–Crippen MR) is 140 cm³/mol. The predicted octanol–water partition coefficient (Wildman–Crippen LogP) is 4.92. The molecule has 0 aliphatic heterocycles. The number of Topliss-reactive ketones (excluding diaryl/α,β-unsaturated/α-hetero) is 1. The van der Waals surface area contributed by atoms with E-state index in [1.807, 2.05) is 54.6 Å². The summed E-state index contributed by atoms with van der Waals surface area (Å²) in [5, 5.41) is 9.73. The molecule has 3 aromatic heterocycles. The molecule has 0 spiro atoms. The third kappa shape index (κ3) is 3.80. The fourth-order valence-electron chi connectivity index (χ4n) is 4.56. The van der Waals surface area contributed by atoms with E-state index in [1.165, 1.54) is 11.8 Å². The molecule has 0 radical (unpaired) electrons. The highest BCUT2D eigenvalue weighted by Crippen LogP contribution is 2.26. The van der Waals surface area contributed by atoms with E-state index < -0.39 is 0 Å². The van der Waals surface area contributed by atoms with Crippen molar-refractivity contribution in [1.29, 1.82) is 0 Å². The first kappa shape index (κ1) is 22.9. The number of ketones is 1. The minimum atomic E-state index is -0.142. The van der Waals surface area contributed by atoms with Crippen LogP contribution in [-0.2, 0) is 6.54 Å². The fraction of sp³-hybridized carbons (Fsp3) is 0.185. The summed E-state index contributed by atoms with van der Waals surface area (Å²) in [4.78, 5) is 26.3. The van der Waals surface area contributed by atoms with Crippen molar-refractivity contribution in [2.75, 3.05) is 5.75 Å². The van der Waals surface area contributed by atoms with E-state index in [1.54, 1.807) is 16.7 Å². The lowest BCUT2D eigenvalue weighted by atomic mass is 10.1. The SMILES string of the molecule is C=CCn1c(=O)c2ccccc2n2c(SCC(=O)c3cc(C)n(-c4ccccc4C)c3C)nnc12. The van der Waals surface area contributed by atoms with Crippen LogP contribution in [0.2, 0.25) is 0 Å². The van der Waals surface area contributed by atoms with Gasteiger partial charge in [0.25, 0.3) is 5.56 Å². The lowest BCUT2D eigenvalue weighted by Gasteiger charge is -2.12. The zero-order valence-corrected chi connectivity index (χ0v) is 20.7. The third-order valence-corrected chi connectivity index (χ3v) is 7.14.